The Morgan fingerprint density at radius 3 is 2.60 bits per heavy atom. The summed E-state index contributed by atoms with van der Waals surface area (Å²) in [5.74, 6) is -2.08. The van der Waals surface area contributed by atoms with Crippen LogP contribution >= 0.6 is 11.3 Å². The summed E-state index contributed by atoms with van der Waals surface area (Å²) in [4.78, 5) is 42.0. The molecule has 1 aliphatic rings. The molecular weight excluding hydrogens is 571 g/mol. The molecule has 0 aliphatic heterocycles. The van der Waals surface area contributed by atoms with E-state index in [9.17, 15) is 32.7 Å². The molecule has 2 aromatic carbocycles. The number of aromatic nitrogens is 4. The van der Waals surface area contributed by atoms with E-state index < -0.39 is 33.6 Å². The lowest BCUT2D eigenvalue weighted by Gasteiger charge is -2.15. The zero-order valence-electron chi connectivity index (χ0n) is 21.7. The van der Waals surface area contributed by atoms with Gasteiger partial charge in [0.2, 0.25) is 15.6 Å². The molecule has 6 rings (SSSR count). The van der Waals surface area contributed by atoms with Crippen LogP contribution in [0, 0.1) is 12.8 Å². The molecule has 0 spiro atoms. The van der Waals surface area contributed by atoms with Gasteiger partial charge < -0.3 is 9.67 Å². The van der Waals surface area contributed by atoms with Crippen molar-refractivity contribution in [1.82, 2.24) is 19.7 Å². The molecule has 1 aliphatic carbocycles. The van der Waals surface area contributed by atoms with Gasteiger partial charge in [0, 0.05) is 18.1 Å². The fraction of sp³-hybridized carbons (Fsp3) is 0.172. The lowest BCUT2D eigenvalue weighted by Crippen LogP contribution is -2.24. The molecule has 9 nitrogen and oxygen atoms in total. The summed E-state index contributed by atoms with van der Waals surface area (Å²) in [6, 6.07) is 16.3. The van der Waals surface area contributed by atoms with Crippen LogP contribution in [0.1, 0.15) is 38.8 Å². The number of aryl methyl sites for hydroxylation is 1. The number of alkyl halides is 3. The van der Waals surface area contributed by atoms with Gasteiger partial charge in [0.25, 0.3) is 5.91 Å². The zero-order valence-corrected chi connectivity index (χ0v) is 22.5. The second-order valence-electron chi connectivity index (χ2n) is 9.89. The Kier molecular flexibility index (Phi) is 6.61. The molecule has 13 heteroatoms. The number of aliphatic carboxylic acids is 1. The maximum Gasteiger partial charge on any atom is 0.445 e. The molecule has 2 atom stereocenters. The van der Waals surface area contributed by atoms with Crippen LogP contribution in [0.4, 0.5) is 18.3 Å². The lowest BCUT2D eigenvalue weighted by atomic mass is 9.96. The highest BCUT2D eigenvalue weighted by Crippen LogP contribution is 2.48. The highest BCUT2D eigenvalue weighted by Gasteiger charge is 2.44. The van der Waals surface area contributed by atoms with Crippen molar-refractivity contribution < 1.29 is 27.9 Å². The van der Waals surface area contributed by atoms with E-state index in [-0.39, 0.29) is 39.8 Å². The van der Waals surface area contributed by atoms with Gasteiger partial charge in [0.15, 0.2) is 0 Å². The number of rotatable bonds is 6. The van der Waals surface area contributed by atoms with Crippen molar-refractivity contribution in [1.29, 1.82) is 0 Å². The third-order valence-corrected chi connectivity index (χ3v) is 8.00. The number of benzene rings is 2. The Labute approximate surface area is 239 Å². The molecule has 0 saturated heterocycles. The van der Waals surface area contributed by atoms with Gasteiger partial charge in [0.1, 0.15) is 11.2 Å². The molecule has 3 heterocycles. The number of nitrogens with one attached hydrogen (secondary N) is 1. The van der Waals surface area contributed by atoms with Crippen molar-refractivity contribution in [2.45, 2.75) is 25.4 Å². The van der Waals surface area contributed by atoms with E-state index in [4.69, 9.17) is 0 Å². The molecule has 0 radical (unpaired) electrons. The average Bonchev–Trinajstić information content (AvgIpc) is 3.63. The molecule has 3 aromatic heterocycles. The van der Waals surface area contributed by atoms with Crippen LogP contribution in [0.5, 0.6) is 0 Å². The third-order valence-electron chi connectivity index (χ3n) is 7.12. The van der Waals surface area contributed by atoms with Crippen LogP contribution in [0.25, 0.3) is 27.8 Å². The second kappa shape index (κ2) is 10.2. The highest BCUT2D eigenvalue weighted by molar-refractivity contribution is 7.15. The summed E-state index contributed by atoms with van der Waals surface area (Å²) in [5, 5.41) is 16.5. The van der Waals surface area contributed by atoms with Crippen LogP contribution in [-0.2, 0) is 11.0 Å². The van der Waals surface area contributed by atoms with E-state index in [1.165, 1.54) is 18.5 Å². The number of carbonyl (C=O) groups excluding carboxylic acids is 1. The van der Waals surface area contributed by atoms with Gasteiger partial charge in [-0.25, -0.2) is 4.98 Å². The third kappa shape index (κ3) is 5.02. The highest BCUT2D eigenvalue weighted by atomic mass is 32.1. The number of hydrogen-bond donors (Lipinski definition) is 2. The van der Waals surface area contributed by atoms with Crippen molar-refractivity contribution in [3.8, 4) is 16.8 Å². The monoisotopic (exact) mass is 591 g/mol. The minimum absolute atomic E-state index is 0.00459. The predicted molar refractivity (Wildman–Crippen MR) is 149 cm³/mol. The smallest absolute Gasteiger partial charge is 0.445 e. The quantitative estimate of drug-likeness (QED) is 0.260. The first-order valence-corrected chi connectivity index (χ1v) is 13.5. The number of anilines is 1. The Morgan fingerprint density at radius 1 is 1.10 bits per heavy atom. The van der Waals surface area contributed by atoms with Gasteiger partial charge >= 0.3 is 12.1 Å². The largest absolute Gasteiger partial charge is 0.481 e. The molecule has 42 heavy (non-hydrogen) atoms. The predicted octanol–water partition coefficient (Wildman–Crippen LogP) is 5.67. The maximum absolute atomic E-state index is 13.2. The molecule has 212 valence electrons. The number of nitrogens with zero attached hydrogens (tertiary/aromatic N) is 4. The molecule has 2 N–H and O–H groups in total. The van der Waals surface area contributed by atoms with E-state index >= 15 is 0 Å². The first-order valence-electron chi connectivity index (χ1n) is 12.7. The van der Waals surface area contributed by atoms with Crippen molar-refractivity contribution in [3.63, 3.8) is 0 Å². The summed E-state index contributed by atoms with van der Waals surface area (Å²) in [7, 11) is 0. The normalized spacial score (nSPS) is 16.4. The van der Waals surface area contributed by atoms with Crippen molar-refractivity contribution in [2.24, 2.45) is 5.92 Å². The van der Waals surface area contributed by atoms with Gasteiger partial charge in [-0.1, -0.05) is 41.7 Å². The molecule has 0 bridgehead atoms. The number of pyridine rings is 2. The van der Waals surface area contributed by atoms with E-state index in [0.717, 1.165) is 22.3 Å². The number of carboxylic acid groups (broad SMARTS) is 1. The fourth-order valence-electron chi connectivity index (χ4n) is 4.97. The van der Waals surface area contributed by atoms with Gasteiger partial charge in [-0.05, 0) is 65.8 Å². The van der Waals surface area contributed by atoms with Crippen molar-refractivity contribution >= 4 is 39.4 Å². The number of halogens is 3. The van der Waals surface area contributed by atoms with E-state index in [2.05, 4.69) is 20.5 Å². The van der Waals surface area contributed by atoms with E-state index in [1.807, 2.05) is 43.3 Å². The van der Waals surface area contributed by atoms with Crippen LogP contribution in [0.15, 0.2) is 71.8 Å². The molecule has 1 fully saturated rings. The van der Waals surface area contributed by atoms with Crippen molar-refractivity contribution in [3.05, 3.63) is 98.9 Å². The molecule has 0 unspecified atom stereocenters. The maximum atomic E-state index is 13.2. The summed E-state index contributed by atoms with van der Waals surface area (Å²) in [6.45, 7) is 1.94. The Bertz CT molecular complexity index is 1950. The van der Waals surface area contributed by atoms with Gasteiger partial charge in [-0.15, -0.1) is 10.2 Å². The summed E-state index contributed by atoms with van der Waals surface area (Å²) < 4.78 is 40.4. The molecule has 5 aromatic rings. The minimum Gasteiger partial charge on any atom is -0.481 e. The number of carboxylic acids is 1. The Balaban J connectivity index is 1.38. The zero-order chi connectivity index (χ0) is 29.8. The van der Waals surface area contributed by atoms with Gasteiger partial charge in [0.05, 0.1) is 11.3 Å². The fourth-order valence-corrected chi connectivity index (χ4v) is 5.58. The van der Waals surface area contributed by atoms with Crippen LogP contribution in [-0.4, -0.2) is 36.7 Å². The van der Waals surface area contributed by atoms with E-state index in [0.29, 0.717) is 12.1 Å². The number of carbonyl (C=O) groups is 2. The van der Waals surface area contributed by atoms with Crippen LogP contribution < -0.4 is 10.7 Å². The number of fused-ring (bicyclic) bond motifs is 1. The number of hydrogen-bond acceptors (Lipinski definition) is 7. The first-order chi connectivity index (χ1) is 20.0. The van der Waals surface area contributed by atoms with Crippen LogP contribution in [0.2, 0.25) is 0 Å². The van der Waals surface area contributed by atoms with Crippen LogP contribution in [0.3, 0.4) is 0 Å². The van der Waals surface area contributed by atoms with Gasteiger partial charge in [-0.3, -0.25) is 19.7 Å². The van der Waals surface area contributed by atoms with E-state index in [1.54, 1.807) is 16.7 Å². The molecule has 1 amide bonds. The SMILES string of the molecule is Cc1cc([C@@H]2C[C@H]2C(=O)O)ccc1-c1cccc(-n2cc(C(=O)Nc3nnc(C(F)(F)F)s3)c(=O)c3cccnc32)c1. The number of amides is 1. The Morgan fingerprint density at radius 2 is 1.90 bits per heavy atom. The summed E-state index contributed by atoms with van der Waals surface area (Å²) >= 11 is 0.152. The molecule has 1 saturated carbocycles. The Hall–Kier alpha value is -4.91. The minimum atomic E-state index is -4.72. The summed E-state index contributed by atoms with van der Waals surface area (Å²) in [5.41, 5.74) is 3.59. The first kappa shape index (κ1) is 27.3. The average molecular weight is 592 g/mol. The standard InChI is InChI=1S/C29H20F3N5O4S/c1-14-10-16(20-12-21(20)26(40)41)7-8-18(14)15-4-2-5-17(11-15)37-13-22(23(38)19-6-3-9-33-24(19)37)25(39)34-28-36-35-27(42-28)29(30,31)32/h2-11,13,20-21H,12H2,1H3,(H,40,41)(H,34,36,39)/t20-,21+/m0/s1. The summed E-state index contributed by atoms with van der Waals surface area (Å²) in [6.07, 6.45) is -1.29. The second-order valence-corrected chi connectivity index (χ2v) is 10.9. The molecular formula is C29H20F3N5O4S. The lowest BCUT2D eigenvalue weighted by molar-refractivity contribution is -0.139. The topological polar surface area (TPSA) is 127 Å². The van der Waals surface area contributed by atoms with Gasteiger partial charge in [-0.2, -0.15) is 13.2 Å². The van der Waals surface area contributed by atoms with Crippen molar-refractivity contribution in [2.75, 3.05) is 5.32 Å².